The van der Waals surface area contributed by atoms with Crippen LogP contribution in [0.4, 0.5) is 21.5 Å². The molecule has 0 aliphatic carbocycles. The number of nitrogens with one attached hydrogen (secondary N) is 2. The van der Waals surface area contributed by atoms with Crippen molar-refractivity contribution < 1.29 is 28.4 Å². The van der Waals surface area contributed by atoms with Gasteiger partial charge in [-0.15, -0.1) is 0 Å². The third-order valence-corrected chi connectivity index (χ3v) is 4.56. The Kier molecular flexibility index (Phi) is 7.31. The number of nitrogens with zero attached hydrogens (tertiary/aromatic N) is 1. The van der Waals surface area contributed by atoms with Crippen LogP contribution in [0, 0.1) is 15.9 Å². The molecule has 0 heterocycles. The summed E-state index contributed by atoms with van der Waals surface area (Å²) < 4.78 is 18.2. The van der Waals surface area contributed by atoms with E-state index in [4.69, 9.17) is 16.3 Å². The Morgan fingerprint density at radius 1 is 0.970 bits per heavy atom. The molecule has 0 radical (unpaired) electrons. The van der Waals surface area contributed by atoms with Crippen LogP contribution in [0.15, 0.2) is 66.7 Å². The molecule has 0 bridgehead atoms. The van der Waals surface area contributed by atoms with Crippen LogP contribution in [0.2, 0.25) is 5.02 Å². The quantitative estimate of drug-likeness (QED) is 0.298. The van der Waals surface area contributed by atoms with Gasteiger partial charge in [0.2, 0.25) is 0 Å². The van der Waals surface area contributed by atoms with E-state index in [2.05, 4.69) is 10.6 Å². The molecule has 168 valence electrons. The molecular formula is C22H15ClFN3O6. The van der Waals surface area contributed by atoms with Gasteiger partial charge in [-0.25, -0.2) is 9.18 Å². The summed E-state index contributed by atoms with van der Waals surface area (Å²) in [4.78, 5) is 47.2. The van der Waals surface area contributed by atoms with Gasteiger partial charge in [0.05, 0.1) is 26.8 Å². The normalized spacial score (nSPS) is 10.2. The molecule has 0 aliphatic rings. The minimum absolute atomic E-state index is 0.0394. The molecule has 3 rings (SSSR count). The van der Waals surface area contributed by atoms with Gasteiger partial charge in [0.1, 0.15) is 5.82 Å². The average Bonchev–Trinajstić information content (AvgIpc) is 2.77. The Morgan fingerprint density at radius 2 is 1.73 bits per heavy atom. The number of para-hydroxylation sites is 1. The molecule has 2 N–H and O–H groups in total. The SMILES string of the molecule is O=C(COC(=O)c1ccccc1NC(=O)c1ccc([N+](=O)[O-])cc1Cl)Nc1cccc(F)c1. The highest BCUT2D eigenvalue weighted by Gasteiger charge is 2.19. The van der Waals surface area contributed by atoms with Crippen molar-refractivity contribution in [2.75, 3.05) is 17.2 Å². The van der Waals surface area contributed by atoms with Gasteiger partial charge in [-0.2, -0.15) is 0 Å². The van der Waals surface area contributed by atoms with Gasteiger partial charge < -0.3 is 15.4 Å². The second kappa shape index (κ2) is 10.3. The van der Waals surface area contributed by atoms with E-state index in [0.29, 0.717) is 0 Å². The molecule has 0 saturated carbocycles. The minimum atomic E-state index is -0.893. The summed E-state index contributed by atoms with van der Waals surface area (Å²) in [6, 6.07) is 14.4. The van der Waals surface area contributed by atoms with Crippen molar-refractivity contribution in [2.45, 2.75) is 0 Å². The topological polar surface area (TPSA) is 128 Å². The summed E-state index contributed by atoms with van der Waals surface area (Å²) in [5.74, 6) is -2.83. The number of non-ortho nitro benzene ring substituents is 1. The van der Waals surface area contributed by atoms with E-state index in [1.165, 1.54) is 42.5 Å². The molecule has 9 nitrogen and oxygen atoms in total. The Hall–Kier alpha value is -4.31. The number of carbonyl (C=O) groups excluding carboxylic acids is 3. The molecule has 11 heteroatoms. The number of nitro benzene ring substituents is 1. The van der Waals surface area contributed by atoms with E-state index in [1.54, 1.807) is 6.07 Å². The predicted molar refractivity (Wildman–Crippen MR) is 118 cm³/mol. The van der Waals surface area contributed by atoms with E-state index in [1.807, 2.05) is 0 Å². The average molecular weight is 472 g/mol. The maximum atomic E-state index is 13.2. The van der Waals surface area contributed by atoms with Crippen molar-refractivity contribution in [3.63, 3.8) is 0 Å². The van der Waals surface area contributed by atoms with E-state index in [9.17, 15) is 28.9 Å². The van der Waals surface area contributed by atoms with E-state index in [0.717, 1.165) is 18.2 Å². The zero-order chi connectivity index (χ0) is 24.0. The summed E-state index contributed by atoms with van der Waals surface area (Å²) in [5, 5.41) is 15.6. The Bertz CT molecular complexity index is 1250. The predicted octanol–water partition coefficient (Wildman–Crippen LogP) is 4.44. The fourth-order valence-corrected chi connectivity index (χ4v) is 2.99. The molecule has 3 aromatic rings. The smallest absolute Gasteiger partial charge is 0.340 e. The van der Waals surface area contributed by atoms with Gasteiger partial charge in [0.15, 0.2) is 6.61 Å². The van der Waals surface area contributed by atoms with Crippen LogP contribution in [-0.2, 0) is 9.53 Å². The summed E-state index contributed by atoms with van der Waals surface area (Å²) >= 11 is 5.97. The highest BCUT2D eigenvalue weighted by Crippen LogP contribution is 2.24. The first-order chi connectivity index (χ1) is 15.7. The van der Waals surface area contributed by atoms with Gasteiger partial charge in [-0.1, -0.05) is 29.8 Å². The van der Waals surface area contributed by atoms with E-state index in [-0.39, 0.29) is 33.2 Å². The minimum Gasteiger partial charge on any atom is -0.452 e. The van der Waals surface area contributed by atoms with Crippen molar-refractivity contribution in [3.8, 4) is 0 Å². The summed E-state index contributed by atoms with van der Waals surface area (Å²) in [6.45, 7) is -0.647. The Balaban J connectivity index is 1.67. The standard InChI is InChI=1S/C22H15ClFN3O6/c23-18-11-15(27(31)32)8-9-16(18)21(29)26-19-7-2-1-6-17(19)22(30)33-12-20(28)25-14-5-3-4-13(24)10-14/h1-11H,12H2,(H,25,28)(H,26,29). The number of halogens is 2. The van der Waals surface area contributed by atoms with Crippen molar-refractivity contribution in [3.05, 3.63) is 98.8 Å². The summed E-state index contributed by atoms with van der Waals surface area (Å²) in [6.07, 6.45) is 0. The van der Waals surface area contributed by atoms with E-state index < -0.39 is 35.1 Å². The van der Waals surface area contributed by atoms with Crippen LogP contribution in [0.1, 0.15) is 20.7 Å². The van der Waals surface area contributed by atoms with Gasteiger partial charge >= 0.3 is 5.97 Å². The lowest BCUT2D eigenvalue weighted by atomic mass is 10.1. The Morgan fingerprint density at radius 3 is 2.42 bits per heavy atom. The van der Waals surface area contributed by atoms with Crippen molar-refractivity contribution in [1.82, 2.24) is 0 Å². The number of hydrogen-bond acceptors (Lipinski definition) is 6. The number of anilines is 2. The maximum absolute atomic E-state index is 13.2. The van der Waals surface area contributed by atoms with Crippen molar-refractivity contribution in [1.29, 1.82) is 0 Å². The van der Waals surface area contributed by atoms with Gasteiger partial charge in [-0.3, -0.25) is 19.7 Å². The molecule has 3 aromatic carbocycles. The molecule has 0 spiro atoms. The highest BCUT2D eigenvalue weighted by atomic mass is 35.5. The summed E-state index contributed by atoms with van der Waals surface area (Å²) in [5.41, 5.74) is -0.0875. The van der Waals surface area contributed by atoms with Crippen LogP contribution < -0.4 is 10.6 Å². The van der Waals surface area contributed by atoms with Crippen LogP contribution in [0.3, 0.4) is 0 Å². The number of nitro groups is 1. The van der Waals surface area contributed by atoms with Crippen molar-refractivity contribution >= 4 is 46.4 Å². The lowest BCUT2D eigenvalue weighted by Crippen LogP contribution is -2.22. The number of rotatable bonds is 7. The molecule has 0 fully saturated rings. The maximum Gasteiger partial charge on any atom is 0.340 e. The number of esters is 1. The van der Waals surface area contributed by atoms with Gasteiger partial charge in [0.25, 0.3) is 17.5 Å². The highest BCUT2D eigenvalue weighted by molar-refractivity contribution is 6.34. The Labute approximate surface area is 191 Å². The van der Waals surface area contributed by atoms with Crippen LogP contribution in [0.5, 0.6) is 0 Å². The number of carbonyl (C=O) groups is 3. The third-order valence-electron chi connectivity index (χ3n) is 4.25. The molecule has 0 unspecified atom stereocenters. The number of hydrogen-bond donors (Lipinski definition) is 2. The first-order valence-electron chi connectivity index (χ1n) is 9.31. The fraction of sp³-hybridized carbons (Fsp3) is 0.0455. The fourth-order valence-electron chi connectivity index (χ4n) is 2.73. The zero-order valence-corrected chi connectivity index (χ0v) is 17.5. The number of ether oxygens (including phenoxy) is 1. The number of benzene rings is 3. The van der Waals surface area contributed by atoms with Gasteiger partial charge in [0, 0.05) is 17.8 Å². The van der Waals surface area contributed by atoms with Crippen molar-refractivity contribution in [2.24, 2.45) is 0 Å². The van der Waals surface area contributed by atoms with E-state index >= 15 is 0 Å². The van der Waals surface area contributed by atoms with Crippen LogP contribution in [0.25, 0.3) is 0 Å². The molecule has 0 aromatic heterocycles. The van der Waals surface area contributed by atoms with Crippen LogP contribution >= 0.6 is 11.6 Å². The second-order valence-corrected chi connectivity index (χ2v) is 6.96. The molecule has 0 atom stereocenters. The molecule has 2 amide bonds. The van der Waals surface area contributed by atoms with Crippen LogP contribution in [-0.4, -0.2) is 29.3 Å². The molecule has 33 heavy (non-hydrogen) atoms. The lowest BCUT2D eigenvalue weighted by molar-refractivity contribution is -0.384. The first-order valence-corrected chi connectivity index (χ1v) is 9.69. The van der Waals surface area contributed by atoms with Gasteiger partial charge in [-0.05, 0) is 36.4 Å². The lowest BCUT2D eigenvalue weighted by Gasteiger charge is -2.12. The summed E-state index contributed by atoms with van der Waals surface area (Å²) in [7, 11) is 0. The molecular weight excluding hydrogens is 457 g/mol. The first kappa shape index (κ1) is 23.4. The zero-order valence-electron chi connectivity index (χ0n) is 16.7. The molecule has 0 aliphatic heterocycles. The largest absolute Gasteiger partial charge is 0.452 e. The third kappa shape index (κ3) is 6.11. The monoisotopic (exact) mass is 471 g/mol. The second-order valence-electron chi connectivity index (χ2n) is 6.56. The number of amides is 2. The molecule has 0 saturated heterocycles.